The molecule has 5 nitrogen and oxygen atoms in total. The number of anilines is 1. The van der Waals surface area contributed by atoms with Crippen LogP contribution in [-0.2, 0) is 9.53 Å². The van der Waals surface area contributed by atoms with Gasteiger partial charge in [-0.05, 0) is 47.0 Å². The minimum Gasteiger partial charge on any atom is -0.496 e. The summed E-state index contributed by atoms with van der Waals surface area (Å²) in [6, 6.07) is 5.33. The Kier molecular flexibility index (Phi) is 5.18. The fraction of sp³-hybridized carbons (Fsp3) is 0.429. The number of nitrogens with one attached hydrogen (secondary N) is 1. The molecule has 0 spiro atoms. The molecule has 1 aliphatic heterocycles. The molecule has 1 saturated heterocycles. The summed E-state index contributed by atoms with van der Waals surface area (Å²) in [5.41, 5.74) is 5.65. The average Bonchev–Trinajstić information content (AvgIpc) is 2.48. The molecular formula is C14H17BrN2O3S. The molecular weight excluding hydrogens is 356 g/mol. The van der Waals surface area contributed by atoms with Crippen molar-refractivity contribution in [3.8, 4) is 5.75 Å². The molecule has 3 N–H and O–H groups in total. The summed E-state index contributed by atoms with van der Waals surface area (Å²) in [5.74, 6) is 0.512. The lowest BCUT2D eigenvalue weighted by Crippen LogP contribution is -2.49. The monoisotopic (exact) mass is 372 g/mol. The maximum absolute atomic E-state index is 12.6. The second-order valence-electron chi connectivity index (χ2n) is 4.86. The lowest BCUT2D eigenvalue weighted by molar-refractivity contribution is -0.126. The van der Waals surface area contributed by atoms with E-state index in [4.69, 9.17) is 27.4 Å². The standard InChI is InChI=1S/C14H17BrN2O3S/c1-19-11-3-2-9(8-10(11)15)17-13(18)14(12(16)21)4-6-20-7-5-14/h2-3,8H,4-7H2,1H3,(H2,16,21)(H,17,18). The summed E-state index contributed by atoms with van der Waals surface area (Å²) in [5, 5.41) is 2.88. The fourth-order valence-corrected chi connectivity index (χ4v) is 3.14. The fourth-order valence-electron chi connectivity index (χ4n) is 2.30. The molecule has 0 aliphatic carbocycles. The lowest BCUT2D eigenvalue weighted by Gasteiger charge is -2.34. The van der Waals surface area contributed by atoms with Crippen molar-refractivity contribution in [3.05, 3.63) is 22.7 Å². The number of thiocarbonyl (C=S) groups is 1. The molecule has 1 fully saturated rings. The number of ether oxygens (including phenoxy) is 2. The second kappa shape index (κ2) is 6.72. The van der Waals surface area contributed by atoms with E-state index in [9.17, 15) is 4.79 Å². The van der Waals surface area contributed by atoms with Crippen LogP contribution in [0, 0.1) is 5.41 Å². The number of benzene rings is 1. The minimum atomic E-state index is -0.833. The summed E-state index contributed by atoms with van der Waals surface area (Å²) < 4.78 is 11.2. The van der Waals surface area contributed by atoms with E-state index in [2.05, 4.69) is 21.2 Å². The first-order valence-electron chi connectivity index (χ1n) is 6.52. The molecule has 7 heteroatoms. The van der Waals surface area contributed by atoms with Crippen molar-refractivity contribution in [2.24, 2.45) is 11.1 Å². The van der Waals surface area contributed by atoms with E-state index in [0.29, 0.717) is 37.5 Å². The zero-order chi connectivity index (χ0) is 15.5. The van der Waals surface area contributed by atoms with Gasteiger partial charge >= 0.3 is 0 Å². The number of amides is 1. The van der Waals surface area contributed by atoms with Crippen molar-refractivity contribution in [1.29, 1.82) is 0 Å². The van der Waals surface area contributed by atoms with E-state index in [1.54, 1.807) is 25.3 Å². The Bertz CT molecular complexity index is 559. The number of hydrogen-bond acceptors (Lipinski definition) is 4. The van der Waals surface area contributed by atoms with Gasteiger partial charge in [0.25, 0.3) is 0 Å². The second-order valence-corrected chi connectivity index (χ2v) is 6.16. The average molecular weight is 373 g/mol. The quantitative estimate of drug-likeness (QED) is 0.794. The van der Waals surface area contributed by atoms with Crippen LogP contribution in [0.1, 0.15) is 12.8 Å². The number of halogens is 1. The number of carbonyl (C=O) groups excluding carboxylic acids is 1. The highest BCUT2D eigenvalue weighted by molar-refractivity contribution is 9.10. The summed E-state index contributed by atoms with van der Waals surface area (Å²) in [4.78, 5) is 12.8. The van der Waals surface area contributed by atoms with Gasteiger partial charge in [-0.1, -0.05) is 12.2 Å². The first-order chi connectivity index (χ1) is 9.99. The van der Waals surface area contributed by atoms with Gasteiger partial charge in [-0.15, -0.1) is 0 Å². The number of nitrogens with two attached hydrogens (primary N) is 1. The maximum Gasteiger partial charge on any atom is 0.237 e. The first-order valence-corrected chi connectivity index (χ1v) is 7.72. The molecule has 0 aromatic heterocycles. The zero-order valence-electron chi connectivity index (χ0n) is 11.6. The van der Waals surface area contributed by atoms with Gasteiger partial charge in [-0.25, -0.2) is 0 Å². The molecule has 0 bridgehead atoms. The van der Waals surface area contributed by atoms with E-state index in [1.807, 2.05) is 0 Å². The molecule has 0 saturated carbocycles. The maximum atomic E-state index is 12.6. The predicted octanol–water partition coefficient (Wildman–Crippen LogP) is 2.48. The highest BCUT2D eigenvalue weighted by Crippen LogP contribution is 2.34. The van der Waals surface area contributed by atoms with Crippen LogP contribution in [0.3, 0.4) is 0 Å². The first kappa shape index (κ1) is 16.2. The minimum absolute atomic E-state index is 0.185. The number of hydrogen-bond donors (Lipinski definition) is 2. The summed E-state index contributed by atoms with van der Waals surface area (Å²) in [6.07, 6.45) is 1.01. The third kappa shape index (κ3) is 3.36. The van der Waals surface area contributed by atoms with Crippen molar-refractivity contribution in [1.82, 2.24) is 0 Å². The summed E-state index contributed by atoms with van der Waals surface area (Å²) >= 11 is 8.51. The Morgan fingerprint density at radius 1 is 1.48 bits per heavy atom. The molecule has 1 amide bonds. The highest BCUT2D eigenvalue weighted by Gasteiger charge is 2.43. The largest absolute Gasteiger partial charge is 0.496 e. The molecule has 0 atom stereocenters. The van der Waals surface area contributed by atoms with Crippen LogP contribution in [0.2, 0.25) is 0 Å². The van der Waals surface area contributed by atoms with Crippen LogP contribution < -0.4 is 15.8 Å². The van der Waals surface area contributed by atoms with Gasteiger partial charge in [-0.2, -0.15) is 0 Å². The summed E-state index contributed by atoms with van der Waals surface area (Å²) in [6.45, 7) is 0.966. The van der Waals surface area contributed by atoms with E-state index in [1.165, 1.54) is 0 Å². The Morgan fingerprint density at radius 3 is 2.67 bits per heavy atom. The Labute approximate surface area is 137 Å². The Balaban J connectivity index is 2.19. The normalized spacial score (nSPS) is 17.0. The van der Waals surface area contributed by atoms with E-state index in [-0.39, 0.29) is 10.9 Å². The molecule has 1 aromatic carbocycles. The van der Waals surface area contributed by atoms with Crippen LogP contribution in [0.25, 0.3) is 0 Å². The third-order valence-corrected chi connectivity index (χ3v) is 4.67. The topological polar surface area (TPSA) is 73.6 Å². The molecule has 1 aromatic rings. The molecule has 1 aliphatic rings. The van der Waals surface area contributed by atoms with Gasteiger partial charge < -0.3 is 20.5 Å². The van der Waals surface area contributed by atoms with Crippen LogP contribution in [0.4, 0.5) is 5.69 Å². The molecule has 0 unspecified atom stereocenters. The SMILES string of the molecule is COc1ccc(NC(=O)C2(C(N)=S)CCOCC2)cc1Br. The summed E-state index contributed by atoms with van der Waals surface area (Å²) in [7, 11) is 1.59. The molecule has 2 rings (SSSR count). The number of methoxy groups -OCH3 is 1. The van der Waals surface area contributed by atoms with E-state index < -0.39 is 5.41 Å². The van der Waals surface area contributed by atoms with Gasteiger partial charge in [0.2, 0.25) is 5.91 Å². The van der Waals surface area contributed by atoms with Crippen LogP contribution in [0.15, 0.2) is 22.7 Å². The van der Waals surface area contributed by atoms with Gasteiger partial charge in [0, 0.05) is 18.9 Å². The van der Waals surface area contributed by atoms with Gasteiger partial charge in [0.05, 0.1) is 16.6 Å². The number of carbonyl (C=O) groups is 1. The smallest absolute Gasteiger partial charge is 0.237 e. The Hall–Kier alpha value is -1.18. The number of rotatable bonds is 4. The van der Waals surface area contributed by atoms with Gasteiger partial charge in [0.1, 0.15) is 11.2 Å². The van der Waals surface area contributed by atoms with Crippen molar-refractivity contribution >= 4 is 44.7 Å². The van der Waals surface area contributed by atoms with Crippen LogP contribution in [-0.4, -0.2) is 31.2 Å². The molecule has 21 heavy (non-hydrogen) atoms. The van der Waals surface area contributed by atoms with Crippen molar-refractivity contribution in [2.75, 3.05) is 25.6 Å². The van der Waals surface area contributed by atoms with Crippen molar-refractivity contribution in [2.45, 2.75) is 12.8 Å². The molecule has 0 radical (unpaired) electrons. The molecule has 1 heterocycles. The van der Waals surface area contributed by atoms with Crippen LogP contribution >= 0.6 is 28.1 Å². The van der Waals surface area contributed by atoms with E-state index in [0.717, 1.165) is 4.47 Å². The Morgan fingerprint density at radius 2 is 2.14 bits per heavy atom. The van der Waals surface area contributed by atoms with Gasteiger partial charge in [0.15, 0.2) is 0 Å². The predicted molar refractivity (Wildman–Crippen MR) is 88.6 cm³/mol. The molecule has 114 valence electrons. The third-order valence-electron chi connectivity index (χ3n) is 3.66. The van der Waals surface area contributed by atoms with Crippen LogP contribution in [0.5, 0.6) is 5.75 Å². The van der Waals surface area contributed by atoms with Crippen molar-refractivity contribution < 1.29 is 14.3 Å². The highest BCUT2D eigenvalue weighted by atomic mass is 79.9. The zero-order valence-corrected chi connectivity index (χ0v) is 14.1. The van der Waals surface area contributed by atoms with Crippen molar-refractivity contribution in [3.63, 3.8) is 0 Å². The lowest BCUT2D eigenvalue weighted by atomic mass is 9.79. The van der Waals surface area contributed by atoms with E-state index >= 15 is 0 Å². The van der Waals surface area contributed by atoms with Gasteiger partial charge in [-0.3, -0.25) is 4.79 Å².